The van der Waals surface area contributed by atoms with Gasteiger partial charge in [-0.05, 0) is 65.8 Å². The van der Waals surface area contributed by atoms with E-state index in [0.717, 1.165) is 23.1 Å². The number of aromatic nitrogens is 1. The van der Waals surface area contributed by atoms with E-state index in [0.29, 0.717) is 29.5 Å². The number of benzene rings is 3. The summed E-state index contributed by atoms with van der Waals surface area (Å²) in [6.45, 7) is 2.60. The normalized spacial score (nSPS) is 10.9. The highest BCUT2D eigenvalue weighted by Crippen LogP contribution is 2.25. The molecule has 34 heavy (non-hydrogen) atoms. The highest BCUT2D eigenvalue weighted by atomic mass is 19.1. The maximum absolute atomic E-state index is 13.8. The van der Waals surface area contributed by atoms with Gasteiger partial charge in [-0.15, -0.1) is 0 Å². The average molecular weight is 457 g/mol. The monoisotopic (exact) mass is 456 g/mol. The van der Waals surface area contributed by atoms with Crippen molar-refractivity contribution >= 4 is 22.6 Å². The molecule has 5 nitrogen and oxygen atoms in total. The van der Waals surface area contributed by atoms with Crippen LogP contribution >= 0.6 is 0 Å². The fraction of sp³-hybridized carbons (Fsp3) is 0.179. The van der Waals surface area contributed by atoms with Crippen LogP contribution in [0.1, 0.15) is 38.3 Å². The summed E-state index contributed by atoms with van der Waals surface area (Å²) in [5.41, 5.74) is 5.10. The fourth-order valence-electron chi connectivity index (χ4n) is 3.92. The van der Waals surface area contributed by atoms with E-state index in [1.807, 2.05) is 19.1 Å². The number of halogens is 1. The standard InChI is InChI=1S/C28H25FN2O3/c1-18-2-4-19(5-3-18)12-13-30-28(34)21-8-6-20(7-9-21)14-26-24-11-10-23(29)16-25(24)22(17-31-26)15-27(32)33/h2-11,16-17H,12-15H2,1H3,(H,30,34)(H,32,33). The number of carboxylic acid groups (broad SMARTS) is 1. The van der Waals surface area contributed by atoms with E-state index in [1.165, 1.54) is 29.5 Å². The van der Waals surface area contributed by atoms with Gasteiger partial charge >= 0.3 is 5.97 Å². The Hall–Kier alpha value is -4.06. The number of carbonyl (C=O) groups excluding carboxylic acids is 1. The number of nitrogens with zero attached hydrogens (tertiary/aromatic N) is 1. The third kappa shape index (κ3) is 5.64. The summed E-state index contributed by atoms with van der Waals surface area (Å²) in [6, 6.07) is 19.9. The van der Waals surface area contributed by atoms with Gasteiger partial charge in [0.1, 0.15) is 5.82 Å². The zero-order chi connectivity index (χ0) is 24.1. The maximum atomic E-state index is 13.8. The van der Waals surface area contributed by atoms with Crippen LogP contribution in [0.2, 0.25) is 0 Å². The molecular weight excluding hydrogens is 431 g/mol. The third-order valence-corrected chi connectivity index (χ3v) is 5.76. The van der Waals surface area contributed by atoms with Crippen LogP contribution in [-0.2, 0) is 24.1 Å². The van der Waals surface area contributed by atoms with E-state index >= 15 is 0 Å². The van der Waals surface area contributed by atoms with Gasteiger partial charge in [-0.25, -0.2) is 4.39 Å². The Balaban J connectivity index is 1.43. The first-order valence-corrected chi connectivity index (χ1v) is 11.1. The number of fused-ring (bicyclic) bond motifs is 1. The minimum Gasteiger partial charge on any atom is -0.481 e. The molecule has 172 valence electrons. The Kier molecular flexibility index (Phi) is 6.97. The van der Waals surface area contributed by atoms with Crippen molar-refractivity contribution < 1.29 is 19.1 Å². The second-order valence-corrected chi connectivity index (χ2v) is 8.36. The van der Waals surface area contributed by atoms with Crippen molar-refractivity contribution in [2.75, 3.05) is 6.54 Å². The summed E-state index contributed by atoms with van der Waals surface area (Å²) >= 11 is 0. The van der Waals surface area contributed by atoms with Crippen molar-refractivity contribution in [3.8, 4) is 0 Å². The number of rotatable bonds is 8. The van der Waals surface area contributed by atoms with E-state index in [2.05, 4.69) is 34.6 Å². The van der Waals surface area contributed by atoms with Crippen molar-refractivity contribution in [2.24, 2.45) is 0 Å². The lowest BCUT2D eigenvalue weighted by molar-refractivity contribution is -0.136. The van der Waals surface area contributed by atoms with Crippen LogP contribution in [0, 0.1) is 12.7 Å². The van der Waals surface area contributed by atoms with Gasteiger partial charge in [0, 0.05) is 30.1 Å². The van der Waals surface area contributed by atoms with Crippen LogP contribution < -0.4 is 5.32 Å². The van der Waals surface area contributed by atoms with E-state index in [1.54, 1.807) is 18.2 Å². The quantitative estimate of drug-likeness (QED) is 0.396. The van der Waals surface area contributed by atoms with Crippen LogP contribution in [0.25, 0.3) is 10.8 Å². The van der Waals surface area contributed by atoms with Gasteiger partial charge in [0.05, 0.1) is 12.1 Å². The molecule has 0 aliphatic rings. The van der Waals surface area contributed by atoms with Gasteiger partial charge in [-0.2, -0.15) is 0 Å². The Morgan fingerprint density at radius 1 is 0.941 bits per heavy atom. The smallest absolute Gasteiger partial charge is 0.307 e. The van der Waals surface area contributed by atoms with E-state index in [9.17, 15) is 14.0 Å². The zero-order valence-corrected chi connectivity index (χ0v) is 18.8. The Morgan fingerprint density at radius 3 is 2.35 bits per heavy atom. The largest absolute Gasteiger partial charge is 0.481 e. The highest BCUT2D eigenvalue weighted by molar-refractivity contribution is 5.94. The molecule has 4 rings (SSSR count). The van der Waals surface area contributed by atoms with Gasteiger partial charge in [0.15, 0.2) is 0 Å². The van der Waals surface area contributed by atoms with Crippen molar-refractivity contribution in [2.45, 2.75) is 26.2 Å². The summed E-state index contributed by atoms with van der Waals surface area (Å²) in [5.74, 6) is -1.54. The van der Waals surface area contributed by atoms with Crippen LogP contribution in [-0.4, -0.2) is 28.5 Å². The molecule has 0 atom stereocenters. The van der Waals surface area contributed by atoms with E-state index < -0.39 is 11.8 Å². The number of pyridine rings is 1. The maximum Gasteiger partial charge on any atom is 0.307 e. The Bertz CT molecular complexity index is 1330. The Morgan fingerprint density at radius 2 is 1.65 bits per heavy atom. The van der Waals surface area contributed by atoms with Crippen LogP contribution in [0.15, 0.2) is 72.9 Å². The number of amides is 1. The van der Waals surface area contributed by atoms with E-state index in [-0.39, 0.29) is 12.3 Å². The lowest BCUT2D eigenvalue weighted by atomic mass is 9.99. The second kappa shape index (κ2) is 10.3. The van der Waals surface area contributed by atoms with Crippen molar-refractivity contribution in [3.05, 3.63) is 112 Å². The molecule has 2 N–H and O–H groups in total. The number of carboxylic acids is 1. The molecule has 0 aliphatic heterocycles. The molecule has 0 spiro atoms. The molecule has 0 unspecified atom stereocenters. The summed E-state index contributed by atoms with van der Waals surface area (Å²) in [7, 11) is 0. The van der Waals surface area contributed by atoms with Gasteiger partial charge < -0.3 is 10.4 Å². The molecule has 0 aliphatic carbocycles. The minimum absolute atomic E-state index is 0.129. The predicted molar refractivity (Wildman–Crippen MR) is 130 cm³/mol. The van der Waals surface area contributed by atoms with Crippen molar-refractivity contribution in [1.29, 1.82) is 0 Å². The predicted octanol–water partition coefficient (Wildman–Crippen LogP) is 4.87. The molecule has 0 saturated carbocycles. The molecular formula is C28H25FN2O3. The first kappa shape index (κ1) is 23.1. The molecule has 0 bridgehead atoms. The minimum atomic E-state index is -0.993. The summed E-state index contributed by atoms with van der Waals surface area (Å²) in [4.78, 5) is 28.1. The molecule has 1 heterocycles. The summed E-state index contributed by atoms with van der Waals surface area (Å²) < 4.78 is 13.8. The average Bonchev–Trinajstić information content (AvgIpc) is 2.82. The van der Waals surface area contributed by atoms with Gasteiger partial charge in [-0.3, -0.25) is 14.6 Å². The van der Waals surface area contributed by atoms with Gasteiger partial charge in [-0.1, -0.05) is 42.0 Å². The first-order chi connectivity index (χ1) is 16.4. The van der Waals surface area contributed by atoms with Gasteiger partial charge in [0.2, 0.25) is 0 Å². The fourth-order valence-corrected chi connectivity index (χ4v) is 3.92. The van der Waals surface area contributed by atoms with Crippen LogP contribution in [0.3, 0.4) is 0 Å². The Labute approximate surface area is 197 Å². The number of carbonyl (C=O) groups is 2. The van der Waals surface area contributed by atoms with Crippen molar-refractivity contribution in [3.63, 3.8) is 0 Å². The second-order valence-electron chi connectivity index (χ2n) is 8.36. The molecule has 3 aromatic carbocycles. The van der Waals surface area contributed by atoms with Gasteiger partial charge in [0.25, 0.3) is 5.91 Å². The molecule has 4 aromatic rings. The molecule has 0 fully saturated rings. The number of nitrogens with one attached hydrogen (secondary N) is 1. The lowest BCUT2D eigenvalue weighted by Crippen LogP contribution is -2.25. The number of aliphatic carboxylic acids is 1. The zero-order valence-electron chi connectivity index (χ0n) is 18.8. The SMILES string of the molecule is Cc1ccc(CCNC(=O)c2ccc(Cc3ncc(CC(=O)O)c4cc(F)ccc34)cc2)cc1. The third-order valence-electron chi connectivity index (χ3n) is 5.76. The van der Waals surface area contributed by atoms with Crippen molar-refractivity contribution in [1.82, 2.24) is 10.3 Å². The summed E-state index contributed by atoms with van der Waals surface area (Å²) in [5, 5.41) is 13.4. The molecule has 1 aromatic heterocycles. The highest BCUT2D eigenvalue weighted by Gasteiger charge is 2.12. The topological polar surface area (TPSA) is 79.3 Å². The summed E-state index contributed by atoms with van der Waals surface area (Å²) in [6.07, 6.45) is 2.52. The molecule has 0 saturated heterocycles. The number of hydrogen-bond donors (Lipinski definition) is 2. The van der Waals surface area contributed by atoms with E-state index in [4.69, 9.17) is 5.11 Å². The first-order valence-electron chi connectivity index (χ1n) is 11.1. The molecule has 6 heteroatoms. The number of hydrogen-bond acceptors (Lipinski definition) is 3. The molecule has 1 amide bonds. The molecule has 0 radical (unpaired) electrons. The lowest BCUT2D eigenvalue weighted by Gasteiger charge is -2.11. The van der Waals surface area contributed by atoms with Crippen LogP contribution in [0.4, 0.5) is 4.39 Å². The van der Waals surface area contributed by atoms with Crippen LogP contribution in [0.5, 0.6) is 0 Å². The number of aryl methyl sites for hydroxylation is 1.